The second-order valence-electron chi connectivity index (χ2n) is 5.20. The van der Waals surface area contributed by atoms with Gasteiger partial charge in [0.2, 0.25) is 10.0 Å². The van der Waals surface area contributed by atoms with Crippen molar-refractivity contribution >= 4 is 27.4 Å². The number of morpholine rings is 1. The number of aromatic nitrogens is 1. The summed E-state index contributed by atoms with van der Waals surface area (Å²) < 4.78 is 29.3. The highest BCUT2D eigenvalue weighted by atomic mass is 35.5. The Morgan fingerprint density at radius 2 is 2.04 bits per heavy atom. The van der Waals surface area contributed by atoms with Gasteiger partial charge in [-0.3, -0.25) is 0 Å². The zero-order chi connectivity index (χ0) is 16.4. The van der Waals surface area contributed by atoms with E-state index in [1.807, 2.05) is 23.1 Å². The number of nitrogens with zero attached hydrogens (tertiary/aromatic N) is 2. The van der Waals surface area contributed by atoms with Crippen LogP contribution in [0.15, 0.2) is 47.5 Å². The SMILES string of the molecule is NS(=O)(=O)c1cccnc1N1CCO[C@@H](c2ccccc2Cl)C1. The van der Waals surface area contributed by atoms with Gasteiger partial charge in [-0.15, -0.1) is 0 Å². The molecule has 1 aliphatic rings. The number of sulfonamides is 1. The Bertz CT molecular complexity index is 813. The third-order valence-electron chi connectivity index (χ3n) is 3.68. The molecule has 1 atom stereocenters. The maximum atomic E-state index is 11.8. The zero-order valence-corrected chi connectivity index (χ0v) is 13.8. The van der Waals surface area contributed by atoms with Crippen LogP contribution in [0.1, 0.15) is 11.7 Å². The molecule has 6 nitrogen and oxygen atoms in total. The highest BCUT2D eigenvalue weighted by molar-refractivity contribution is 7.89. The summed E-state index contributed by atoms with van der Waals surface area (Å²) >= 11 is 6.23. The predicted molar refractivity (Wildman–Crippen MR) is 88.0 cm³/mol. The molecule has 0 amide bonds. The molecule has 3 rings (SSSR count). The van der Waals surface area contributed by atoms with Crippen LogP contribution < -0.4 is 10.0 Å². The molecule has 1 fully saturated rings. The smallest absolute Gasteiger partial charge is 0.241 e. The van der Waals surface area contributed by atoms with E-state index in [1.54, 1.807) is 18.3 Å². The van der Waals surface area contributed by atoms with Gasteiger partial charge in [-0.1, -0.05) is 29.8 Å². The number of hydrogen-bond donors (Lipinski definition) is 1. The second-order valence-corrected chi connectivity index (χ2v) is 7.13. The number of ether oxygens (including phenoxy) is 1. The summed E-state index contributed by atoms with van der Waals surface area (Å²) in [5.74, 6) is 0.343. The Balaban J connectivity index is 1.93. The number of nitrogens with two attached hydrogens (primary N) is 1. The molecule has 2 aromatic rings. The highest BCUT2D eigenvalue weighted by Gasteiger charge is 2.27. The number of hydrogen-bond acceptors (Lipinski definition) is 5. The Kier molecular flexibility index (Phi) is 4.54. The summed E-state index contributed by atoms with van der Waals surface area (Å²) in [5, 5.41) is 5.90. The molecule has 0 bridgehead atoms. The molecule has 122 valence electrons. The van der Waals surface area contributed by atoms with Crippen LogP contribution in [0.4, 0.5) is 5.82 Å². The van der Waals surface area contributed by atoms with Crippen molar-refractivity contribution in [2.75, 3.05) is 24.6 Å². The molecular formula is C15H16ClN3O3S. The summed E-state index contributed by atoms with van der Waals surface area (Å²) in [6.45, 7) is 1.42. The molecule has 1 saturated heterocycles. The van der Waals surface area contributed by atoms with E-state index in [4.69, 9.17) is 21.5 Å². The quantitative estimate of drug-likeness (QED) is 0.911. The standard InChI is InChI=1S/C15H16ClN3O3S/c16-12-5-2-1-4-11(12)13-10-19(8-9-22-13)15-14(23(17,20)21)6-3-7-18-15/h1-7,13H,8-10H2,(H2,17,20,21)/t13-/m1/s1. The van der Waals surface area contributed by atoms with Crippen LogP contribution in [0.2, 0.25) is 5.02 Å². The minimum absolute atomic E-state index is 0.0137. The number of rotatable bonds is 3. The first-order chi connectivity index (χ1) is 11.0. The first kappa shape index (κ1) is 16.2. The fraction of sp³-hybridized carbons (Fsp3) is 0.267. The minimum atomic E-state index is -3.84. The third-order valence-corrected chi connectivity index (χ3v) is 4.95. The zero-order valence-electron chi connectivity index (χ0n) is 12.2. The molecular weight excluding hydrogens is 338 g/mol. The van der Waals surface area contributed by atoms with Crippen molar-refractivity contribution in [2.45, 2.75) is 11.0 Å². The first-order valence-electron chi connectivity index (χ1n) is 7.05. The maximum absolute atomic E-state index is 11.8. The van der Waals surface area contributed by atoms with Crippen molar-refractivity contribution in [2.24, 2.45) is 5.14 Å². The predicted octanol–water partition coefficient (Wildman–Crippen LogP) is 1.96. The highest BCUT2D eigenvalue weighted by Crippen LogP contribution is 2.31. The van der Waals surface area contributed by atoms with Crippen molar-refractivity contribution in [3.63, 3.8) is 0 Å². The van der Waals surface area contributed by atoms with Gasteiger partial charge >= 0.3 is 0 Å². The van der Waals surface area contributed by atoms with Gasteiger partial charge < -0.3 is 9.64 Å². The summed E-state index contributed by atoms with van der Waals surface area (Å²) in [6.07, 6.45) is 1.29. The van der Waals surface area contributed by atoms with Crippen molar-refractivity contribution in [1.82, 2.24) is 4.98 Å². The van der Waals surface area contributed by atoms with Crippen molar-refractivity contribution in [1.29, 1.82) is 0 Å². The molecule has 1 aliphatic heterocycles. The molecule has 1 aromatic heterocycles. The van der Waals surface area contributed by atoms with E-state index in [9.17, 15) is 8.42 Å². The summed E-state index contributed by atoms with van der Waals surface area (Å²) in [6, 6.07) is 10.4. The van der Waals surface area contributed by atoms with Crippen LogP contribution in [0.3, 0.4) is 0 Å². The Hall–Kier alpha value is -1.67. The fourth-order valence-corrected chi connectivity index (χ4v) is 3.57. The van der Waals surface area contributed by atoms with Gasteiger partial charge in [0.05, 0.1) is 6.61 Å². The lowest BCUT2D eigenvalue weighted by molar-refractivity contribution is 0.0394. The monoisotopic (exact) mass is 353 g/mol. The largest absolute Gasteiger partial charge is 0.370 e. The number of primary sulfonamides is 1. The fourth-order valence-electron chi connectivity index (χ4n) is 2.61. The third kappa shape index (κ3) is 3.48. The molecule has 0 unspecified atom stereocenters. The van der Waals surface area contributed by atoms with Crippen LogP contribution in [0.5, 0.6) is 0 Å². The van der Waals surface area contributed by atoms with Crippen LogP contribution >= 0.6 is 11.6 Å². The average Bonchev–Trinajstić information content (AvgIpc) is 2.55. The average molecular weight is 354 g/mol. The Labute approximate surface area is 139 Å². The van der Waals surface area contributed by atoms with E-state index in [0.29, 0.717) is 30.5 Å². The molecule has 0 aliphatic carbocycles. The van der Waals surface area contributed by atoms with Gasteiger partial charge in [-0.05, 0) is 18.2 Å². The van der Waals surface area contributed by atoms with Gasteiger partial charge in [0.25, 0.3) is 0 Å². The van der Waals surface area contributed by atoms with E-state index in [2.05, 4.69) is 4.98 Å². The van der Waals surface area contributed by atoms with Crippen LogP contribution in [0.25, 0.3) is 0 Å². The molecule has 2 heterocycles. The lowest BCUT2D eigenvalue weighted by atomic mass is 10.1. The number of pyridine rings is 1. The Morgan fingerprint density at radius 3 is 2.78 bits per heavy atom. The lowest BCUT2D eigenvalue weighted by Gasteiger charge is -2.34. The van der Waals surface area contributed by atoms with E-state index in [0.717, 1.165) is 5.56 Å². The minimum Gasteiger partial charge on any atom is -0.370 e. The molecule has 1 aromatic carbocycles. The first-order valence-corrected chi connectivity index (χ1v) is 8.98. The topological polar surface area (TPSA) is 85.5 Å². The van der Waals surface area contributed by atoms with E-state index >= 15 is 0 Å². The molecule has 2 N–H and O–H groups in total. The van der Waals surface area contributed by atoms with Gasteiger partial charge in [0, 0.05) is 29.9 Å². The van der Waals surface area contributed by atoms with Gasteiger partial charge in [-0.2, -0.15) is 0 Å². The van der Waals surface area contributed by atoms with Crippen LogP contribution in [-0.4, -0.2) is 33.1 Å². The molecule has 8 heteroatoms. The van der Waals surface area contributed by atoms with Gasteiger partial charge in [0.15, 0.2) is 0 Å². The molecule has 0 spiro atoms. The van der Waals surface area contributed by atoms with E-state index < -0.39 is 10.0 Å². The van der Waals surface area contributed by atoms with Crippen LogP contribution in [0, 0.1) is 0 Å². The van der Waals surface area contributed by atoms with E-state index in [1.165, 1.54) is 6.07 Å². The molecule has 23 heavy (non-hydrogen) atoms. The Morgan fingerprint density at radius 1 is 1.26 bits per heavy atom. The number of benzene rings is 1. The number of anilines is 1. The van der Waals surface area contributed by atoms with Gasteiger partial charge in [-0.25, -0.2) is 18.5 Å². The van der Waals surface area contributed by atoms with Crippen molar-refractivity contribution < 1.29 is 13.2 Å². The second kappa shape index (κ2) is 6.45. The summed E-state index contributed by atoms with van der Waals surface area (Å²) in [4.78, 5) is 6.07. The van der Waals surface area contributed by atoms with Crippen molar-refractivity contribution in [3.05, 3.63) is 53.2 Å². The van der Waals surface area contributed by atoms with Gasteiger partial charge in [0.1, 0.15) is 16.8 Å². The van der Waals surface area contributed by atoms with E-state index in [-0.39, 0.29) is 11.0 Å². The molecule has 0 radical (unpaired) electrons. The number of halogens is 1. The summed E-state index contributed by atoms with van der Waals surface area (Å²) in [7, 11) is -3.84. The maximum Gasteiger partial charge on any atom is 0.241 e. The molecule has 0 saturated carbocycles. The normalized spacial score (nSPS) is 18.9. The lowest BCUT2D eigenvalue weighted by Crippen LogP contribution is -2.40. The van der Waals surface area contributed by atoms with Crippen molar-refractivity contribution in [3.8, 4) is 0 Å². The summed E-state index contributed by atoms with van der Waals surface area (Å²) in [5.41, 5.74) is 0.868. The van der Waals surface area contributed by atoms with Crippen LogP contribution in [-0.2, 0) is 14.8 Å².